The lowest BCUT2D eigenvalue weighted by Crippen LogP contribution is -2.34. The molecule has 0 bridgehead atoms. The molecule has 0 unspecified atom stereocenters. The van der Waals surface area contributed by atoms with Crippen LogP contribution in [0.25, 0.3) is 0 Å². The van der Waals surface area contributed by atoms with Crippen LogP contribution in [0.15, 0.2) is 0 Å². The molecule has 0 radical (unpaired) electrons. The second kappa shape index (κ2) is 7.07. The van der Waals surface area contributed by atoms with Gasteiger partial charge in [0, 0.05) is 37.2 Å². The van der Waals surface area contributed by atoms with Crippen molar-refractivity contribution in [1.29, 1.82) is 0 Å². The normalized spacial score (nSPS) is 15.5. The minimum Gasteiger partial charge on any atom is -0.379 e. The highest BCUT2D eigenvalue weighted by molar-refractivity contribution is 7.15. The highest BCUT2D eigenvalue weighted by Gasteiger charge is 2.21. The maximum atomic E-state index is 5.70. The molecule has 0 saturated heterocycles. The standard InChI is InChI=1S/C16H29N3OS/c1-12-14(10-17-16(2,3)4)21-15(18-12)19(5)8-9-20-11-13-6-7-13/h13,17H,6-11H2,1-5H3. The van der Waals surface area contributed by atoms with E-state index in [1.165, 1.54) is 17.7 Å². The molecule has 1 heterocycles. The summed E-state index contributed by atoms with van der Waals surface area (Å²) < 4.78 is 5.70. The van der Waals surface area contributed by atoms with Gasteiger partial charge in [-0.3, -0.25) is 0 Å². The molecule has 1 saturated carbocycles. The average Bonchev–Trinajstić information content (AvgIpc) is 3.13. The summed E-state index contributed by atoms with van der Waals surface area (Å²) in [5, 5.41) is 4.62. The van der Waals surface area contributed by atoms with Crippen LogP contribution in [0, 0.1) is 12.8 Å². The molecule has 5 heteroatoms. The highest BCUT2D eigenvalue weighted by atomic mass is 32.1. The molecule has 0 atom stereocenters. The fraction of sp³-hybridized carbons (Fsp3) is 0.812. The van der Waals surface area contributed by atoms with Crippen LogP contribution in [0.1, 0.15) is 44.2 Å². The Kier molecular flexibility index (Phi) is 5.63. The van der Waals surface area contributed by atoms with Gasteiger partial charge in [-0.05, 0) is 46.5 Å². The molecule has 1 aliphatic carbocycles. The van der Waals surface area contributed by atoms with Crippen LogP contribution in [0.4, 0.5) is 5.13 Å². The van der Waals surface area contributed by atoms with E-state index in [-0.39, 0.29) is 5.54 Å². The summed E-state index contributed by atoms with van der Waals surface area (Å²) in [5.74, 6) is 0.840. The van der Waals surface area contributed by atoms with Crippen molar-refractivity contribution in [3.05, 3.63) is 10.6 Å². The molecule has 0 spiro atoms. The first-order valence-electron chi connectivity index (χ1n) is 7.85. The minimum atomic E-state index is 0.138. The van der Waals surface area contributed by atoms with Crippen LogP contribution < -0.4 is 10.2 Å². The van der Waals surface area contributed by atoms with E-state index in [1.807, 2.05) is 0 Å². The zero-order chi connectivity index (χ0) is 15.5. The number of aryl methyl sites for hydroxylation is 1. The van der Waals surface area contributed by atoms with Gasteiger partial charge < -0.3 is 15.0 Å². The van der Waals surface area contributed by atoms with Gasteiger partial charge in [0.1, 0.15) is 0 Å². The van der Waals surface area contributed by atoms with Crippen LogP contribution in [-0.2, 0) is 11.3 Å². The zero-order valence-electron chi connectivity index (χ0n) is 14.0. The fourth-order valence-electron chi connectivity index (χ4n) is 1.92. The maximum absolute atomic E-state index is 5.70. The van der Waals surface area contributed by atoms with Crippen LogP contribution in [0.3, 0.4) is 0 Å². The first-order chi connectivity index (χ1) is 9.85. The lowest BCUT2D eigenvalue weighted by atomic mass is 10.1. The van der Waals surface area contributed by atoms with Gasteiger partial charge in [0.15, 0.2) is 5.13 Å². The summed E-state index contributed by atoms with van der Waals surface area (Å²) in [4.78, 5) is 8.21. The quantitative estimate of drug-likeness (QED) is 0.748. The van der Waals surface area contributed by atoms with E-state index in [9.17, 15) is 0 Å². The van der Waals surface area contributed by atoms with Crippen molar-refractivity contribution in [3.63, 3.8) is 0 Å². The van der Waals surface area contributed by atoms with Crippen molar-refractivity contribution in [2.75, 3.05) is 31.7 Å². The Morgan fingerprint density at radius 2 is 2.10 bits per heavy atom. The molecule has 0 aromatic carbocycles. The van der Waals surface area contributed by atoms with E-state index in [0.717, 1.165) is 43.0 Å². The molecule has 1 aromatic heterocycles. The second-order valence-corrected chi connectivity index (χ2v) is 8.11. The van der Waals surface area contributed by atoms with Crippen LogP contribution >= 0.6 is 11.3 Å². The van der Waals surface area contributed by atoms with E-state index in [2.05, 4.69) is 49.9 Å². The van der Waals surface area contributed by atoms with Gasteiger partial charge in [-0.1, -0.05) is 0 Å². The van der Waals surface area contributed by atoms with Gasteiger partial charge in [-0.15, -0.1) is 11.3 Å². The fourth-order valence-corrected chi connectivity index (χ4v) is 2.90. The van der Waals surface area contributed by atoms with Gasteiger partial charge in [0.05, 0.1) is 12.3 Å². The number of rotatable bonds is 8. The summed E-state index contributed by atoms with van der Waals surface area (Å²) in [7, 11) is 2.10. The Bertz CT molecular complexity index is 449. The summed E-state index contributed by atoms with van der Waals surface area (Å²) in [6, 6.07) is 0. The SMILES string of the molecule is Cc1nc(N(C)CCOCC2CC2)sc1CNC(C)(C)C. The lowest BCUT2D eigenvalue weighted by Gasteiger charge is -2.20. The average molecular weight is 311 g/mol. The second-order valence-electron chi connectivity index (χ2n) is 7.05. The lowest BCUT2D eigenvalue weighted by molar-refractivity contribution is 0.131. The number of hydrogen-bond donors (Lipinski definition) is 1. The molecular formula is C16H29N3OS. The third-order valence-electron chi connectivity index (χ3n) is 3.61. The molecular weight excluding hydrogens is 282 g/mol. The molecule has 2 rings (SSSR count). The van der Waals surface area contributed by atoms with Crippen molar-refractivity contribution < 1.29 is 4.74 Å². The smallest absolute Gasteiger partial charge is 0.185 e. The van der Waals surface area contributed by atoms with Crippen molar-refractivity contribution in [3.8, 4) is 0 Å². The van der Waals surface area contributed by atoms with E-state index < -0.39 is 0 Å². The maximum Gasteiger partial charge on any atom is 0.185 e. The Balaban J connectivity index is 1.78. The van der Waals surface area contributed by atoms with Gasteiger partial charge >= 0.3 is 0 Å². The van der Waals surface area contributed by atoms with Crippen LogP contribution in [0.2, 0.25) is 0 Å². The Labute approximate surface area is 132 Å². The van der Waals surface area contributed by atoms with Crippen molar-refractivity contribution >= 4 is 16.5 Å². The van der Waals surface area contributed by atoms with Gasteiger partial charge in [-0.2, -0.15) is 0 Å². The Morgan fingerprint density at radius 1 is 1.38 bits per heavy atom. The van der Waals surface area contributed by atoms with E-state index in [0.29, 0.717) is 0 Å². The summed E-state index contributed by atoms with van der Waals surface area (Å²) in [6.07, 6.45) is 2.71. The number of ether oxygens (including phenoxy) is 1. The number of nitrogens with one attached hydrogen (secondary N) is 1. The first-order valence-corrected chi connectivity index (χ1v) is 8.67. The Hall–Kier alpha value is -0.650. The molecule has 1 aromatic rings. The number of aromatic nitrogens is 1. The summed E-state index contributed by atoms with van der Waals surface area (Å²) >= 11 is 1.78. The largest absolute Gasteiger partial charge is 0.379 e. The van der Waals surface area contributed by atoms with E-state index >= 15 is 0 Å². The van der Waals surface area contributed by atoms with Gasteiger partial charge in [0.2, 0.25) is 0 Å². The van der Waals surface area contributed by atoms with Crippen molar-refractivity contribution in [2.24, 2.45) is 5.92 Å². The molecule has 1 aliphatic rings. The molecule has 4 nitrogen and oxygen atoms in total. The summed E-state index contributed by atoms with van der Waals surface area (Å²) in [6.45, 7) is 12.2. The van der Waals surface area contributed by atoms with Crippen molar-refractivity contribution in [1.82, 2.24) is 10.3 Å². The van der Waals surface area contributed by atoms with Crippen LogP contribution in [-0.4, -0.2) is 37.3 Å². The first kappa shape index (κ1) is 16.7. The number of likely N-dealkylation sites (N-methyl/N-ethyl adjacent to an activating group) is 1. The molecule has 0 amide bonds. The number of thiazole rings is 1. The minimum absolute atomic E-state index is 0.138. The molecule has 0 aliphatic heterocycles. The van der Waals surface area contributed by atoms with Gasteiger partial charge in [0.25, 0.3) is 0 Å². The topological polar surface area (TPSA) is 37.4 Å². The summed E-state index contributed by atoms with van der Waals surface area (Å²) in [5.41, 5.74) is 1.27. The molecule has 1 N–H and O–H groups in total. The predicted molar refractivity (Wildman–Crippen MR) is 90.3 cm³/mol. The van der Waals surface area contributed by atoms with Crippen molar-refractivity contribution in [2.45, 2.75) is 52.6 Å². The molecule has 21 heavy (non-hydrogen) atoms. The van der Waals surface area contributed by atoms with Gasteiger partial charge in [-0.25, -0.2) is 4.98 Å². The number of hydrogen-bond acceptors (Lipinski definition) is 5. The molecule has 1 fully saturated rings. The third-order valence-corrected chi connectivity index (χ3v) is 4.88. The van der Waals surface area contributed by atoms with E-state index in [4.69, 9.17) is 4.74 Å². The molecule has 120 valence electrons. The Morgan fingerprint density at radius 3 is 2.71 bits per heavy atom. The third kappa shape index (κ3) is 5.93. The van der Waals surface area contributed by atoms with E-state index in [1.54, 1.807) is 11.3 Å². The highest BCUT2D eigenvalue weighted by Crippen LogP contribution is 2.29. The van der Waals surface area contributed by atoms with Crippen LogP contribution in [0.5, 0.6) is 0 Å². The monoisotopic (exact) mass is 311 g/mol. The predicted octanol–water partition coefficient (Wildman–Crippen LogP) is 3.20. The zero-order valence-corrected chi connectivity index (χ0v) is 14.8. The number of anilines is 1. The number of nitrogens with zero attached hydrogens (tertiary/aromatic N) is 2.